The molecule has 0 saturated heterocycles. The number of fused-ring (bicyclic) bond motifs is 1. The molecule has 0 spiro atoms. The molecule has 1 unspecified atom stereocenters. The molecule has 3 aromatic rings. The van der Waals surface area contributed by atoms with Gasteiger partial charge in [-0.05, 0) is 30.7 Å². The van der Waals surface area contributed by atoms with E-state index in [1.165, 1.54) is 11.3 Å². The molecule has 2 heterocycles. The van der Waals surface area contributed by atoms with E-state index in [0.29, 0.717) is 11.3 Å². The van der Waals surface area contributed by atoms with Crippen LogP contribution in [-0.4, -0.2) is 10.9 Å². The van der Waals surface area contributed by atoms with E-state index in [2.05, 4.69) is 10.3 Å². The summed E-state index contributed by atoms with van der Waals surface area (Å²) in [7, 11) is 0. The van der Waals surface area contributed by atoms with Gasteiger partial charge in [-0.2, -0.15) is 0 Å². The third kappa shape index (κ3) is 2.75. The van der Waals surface area contributed by atoms with Crippen LogP contribution in [0.1, 0.15) is 34.9 Å². The van der Waals surface area contributed by atoms with Gasteiger partial charge in [0.25, 0.3) is 5.91 Å². The van der Waals surface area contributed by atoms with Gasteiger partial charge in [-0.25, -0.2) is 4.98 Å². The predicted molar refractivity (Wildman–Crippen MR) is 83.2 cm³/mol. The summed E-state index contributed by atoms with van der Waals surface area (Å²) in [6, 6.07) is 6.90. The van der Waals surface area contributed by atoms with Crippen LogP contribution in [0, 0.1) is 0 Å². The molecule has 108 valence electrons. The van der Waals surface area contributed by atoms with Crippen molar-refractivity contribution >= 4 is 33.9 Å². The van der Waals surface area contributed by atoms with E-state index in [1.54, 1.807) is 30.5 Å². The summed E-state index contributed by atoms with van der Waals surface area (Å²) in [5, 5.41) is 6.56. The Hall–Kier alpha value is -2.34. The van der Waals surface area contributed by atoms with Crippen molar-refractivity contribution in [2.75, 3.05) is 5.73 Å². The molecule has 0 bridgehead atoms. The number of nitrogens with two attached hydrogens (primary N) is 1. The highest BCUT2D eigenvalue weighted by Gasteiger charge is 2.19. The van der Waals surface area contributed by atoms with Gasteiger partial charge >= 0.3 is 0 Å². The Morgan fingerprint density at radius 2 is 2.33 bits per heavy atom. The number of thiazole rings is 1. The molecule has 1 amide bonds. The fourth-order valence-corrected chi connectivity index (χ4v) is 2.92. The molecule has 3 rings (SSSR count). The number of hydrogen-bond acceptors (Lipinski definition) is 5. The predicted octanol–water partition coefficient (Wildman–Crippen LogP) is 3.35. The minimum Gasteiger partial charge on any atom is -0.451 e. The highest BCUT2D eigenvalue weighted by molar-refractivity contribution is 7.09. The molecule has 0 fully saturated rings. The zero-order valence-corrected chi connectivity index (χ0v) is 12.3. The number of rotatable bonds is 4. The first-order valence-corrected chi connectivity index (χ1v) is 7.54. The lowest BCUT2D eigenvalue weighted by Crippen LogP contribution is -2.27. The third-order valence-electron chi connectivity index (χ3n) is 3.23. The quantitative estimate of drug-likeness (QED) is 0.724. The van der Waals surface area contributed by atoms with Crippen molar-refractivity contribution in [2.45, 2.75) is 19.4 Å². The van der Waals surface area contributed by atoms with Crippen LogP contribution in [0.5, 0.6) is 0 Å². The van der Waals surface area contributed by atoms with Gasteiger partial charge < -0.3 is 15.5 Å². The normalized spacial score (nSPS) is 12.4. The summed E-state index contributed by atoms with van der Waals surface area (Å²) in [5.74, 6) is 0.0393. The molecular weight excluding hydrogens is 286 g/mol. The fourth-order valence-electron chi connectivity index (χ4n) is 2.15. The Morgan fingerprint density at radius 1 is 1.48 bits per heavy atom. The summed E-state index contributed by atoms with van der Waals surface area (Å²) >= 11 is 1.53. The second kappa shape index (κ2) is 5.57. The average Bonchev–Trinajstić information content (AvgIpc) is 3.12. The molecule has 2 aromatic heterocycles. The standard InChI is InChI=1S/C15H15N3O2S/c1-2-11(15-17-5-6-21-15)18-14(19)13-8-9-7-10(16)3-4-12(9)20-13/h3-8,11H,2,16H2,1H3,(H,18,19). The largest absolute Gasteiger partial charge is 0.451 e. The summed E-state index contributed by atoms with van der Waals surface area (Å²) in [5.41, 5.74) is 7.02. The number of carbonyl (C=O) groups excluding carboxylic acids is 1. The van der Waals surface area contributed by atoms with Crippen LogP contribution in [0.15, 0.2) is 40.3 Å². The number of furan rings is 1. The number of anilines is 1. The van der Waals surface area contributed by atoms with E-state index in [-0.39, 0.29) is 17.7 Å². The fraction of sp³-hybridized carbons (Fsp3) is 0.200. The Balaban J connectivity index is 1.83. The van der Waals surface area contributed by atoms with Crippen molar-refractivity contribution < 1.29 is 9.21 Å². The summed E-state index contributed by atoms with van der Waals surface area (Å²) in [4.78, 5) is 16.5. The third-order valence-corrected chi connectivity index (χ3v) is 4.12. The lowest BCUT2D eigenvalue weighted by Gasteiger charge is -2.12. The van der Waals surface area contributed by atoms with E-state index in [4.69, 9.17) is 10.2 Å². The summed E-state index contributed by atoms with van der Waals surface area (Å²) in [6.45, 7) is 2.01. The number of carbonyl (C=O) groups is 1. The number of nitrogens with one attached hydrogen (secondary N) is 1. The van der Waals surface area contributed by atoms with E-state index in [9.17, 15) is 4.79 Å². The Bertz CT molecular complexity index is 764. The van der Waals surface area contributed by atoms with Gasteiger partial charge in [0.2, 0.25) is 0 Å². The van der Waals surface area contributed by atoms with Crippen molar-refractivity contribution in [1.82, 2.24) is 10.3 Å². The molecule has 6 heteroatoms. The maximum atomic E-state index is 12.3. The van der Waals surface area contributed by atoms with Crippen LogP contribution < -0.4 is 11.1 Å². The number of hydrogen-bond donors (Lipinski definition) is 2. The first-order valence-electron chi connectivity index (χ1n) is 6.66. The van der Waals surface area contributed by atoms with Crippen LogP contribution in [-0.2, 0) is 0 Å². The molecule has 0 aliphatic carbocycles. The molecule has 0 aliphatic heterocycles. The van der Waals surface area contributed by atoms with Gasteiger partial charge in [0.15, 0.2) is 5.76 Å². The van der Waals surface area contributed by atoms with Crippen molar-refractivity contribution in [1.29, 1.82) is 0 Å². The molecule has 1 atom stereocenters. The van der Waals surface area contributed by atoms with Crippen LogP contribution in [0.25, 0.3) is 11.0 Å². The average molecular weight is 301 g/mol. The van der Waals surface area contributed by atoms with Gasteiger partial charge in [-0.1, -0.05) is 6.92 Å². The van der Waals surface area contributed by atoms with Gasteiger partial charge in [-0.15, -0.1) is 11.3 Å². The smallest absolute Gasteiger partial charge is 0.287 e. The number of benzene rings is 1. The first kappa shape index (κ1) is 13.6. The van der Waals surface area contributed by atoms with Gasteiger partial charge in [0, 0.05) is 22.7 Å². The van der Waals surface area contributed by atoms with Crippen molar-refractivity contribution in [3.63, 3.8) is 0 Å². The maximum Gasteiger partial charge on any atom is 0.287 e. The zero-order valence-electron chi connectivity index (χ0n) is 11.5. The second-order valence-corrected chi connectivity index (χ2v) is 5.64. The Labute approximate surface area is 125 Å². The molecule has 1 aromatic carbocycles. The van der Waals surface area contributed by atoms with Gasteiger partial charge in [0.1, 0.15) is 10.6 Å². The monoisotopic (exact) mass is 301 g/mol. The van der Waals surface area contributed by atoms with Gasteiger partial charge in [0.05, 0.1) is 6.04 Å². The Kier molecular flexibility index (Phi) is 3.62. The Morgan fingerprint density at radius 3 is 3.05 bits per heavy atom. The molecule has 0 aliphatic rings. The molecule has 0 saturated carbocycles. The number of amides is 1. The molecular formula is C15H15N3O2S. The maximum absolute atomic E-state index is 12.3. The number of nitrogens with zero attached hydrogens (tertiary/aromatic N) is 1. The van der Waals surface area contributed by atoms with Crippen LogP contribution in [0.4, 0.5) is 5.69 Å². The molecule has 3 N–H and O–H groups in total. The lowest BCUT2D eigenvalue weighted by molar-refractivity contribution is 0.0909. The summed E-state index contributed by atoms with van der Waals surface area (Å²) in [6.07, 6.45) is 2.51. The molecule has 5 nitrogen and oxygen atoms in total. The van der Waals surface area contributed by atoms with E-state index < -0.39 is 0 Å². The first-order chi connectivity index (χ1) is 10.2. The van der Waals surface area contributed by atoms with Crippen molar-refractivity contribution in [2.24, 2.45) is 0 Å². The molecule has 0 radical (unpaired) electrons. The summed E-state index contributed by atoms with van der Waals surface area (Å²) < 4.78 is 5.56. The zero-order chi connectivity index (χ0) is 14.8. The number of aromatic nitrogens is 1. The minimum absolute atomic E-state index is 0.101. The molecule has 21 heavy (non-hydrogen) atoms. The van der Waals surface area contributed by atoms with E-state index >= 15 is 0 Å². The number of nitrogen functional groups attached to an aromatic ring is 1. The van der Waals surface area contributed by atoms with Crippen molar-refractivity contribution in [3.05, 3.63) is 46.6 Å². The van der Waals surface area contributed by atoms with Crippen LogP contribution >= 0.6 is 11.3 Å². The van der Waals surface area contributed by atoms with Crippen molar-refractivity contribution in [3.8, 4) is 0 Å². The van der Waals surface area contributed by atoms with Crippen LogP contribution in [0.3, 0.4) is 0 Å². The van der Waals surface area contributed by atoms with Gasteiger partial charge in [-0.3, -0.25) is 4.79 Å². The minimum atomic E-state index is -0.244. The van der Waals surface area contributed by atoms with E-state index in [1.807, 2.05) is 12.3 Å². The second-order valence-electron chi connectivity index (χ2n) is 4.71. The van der Waals surface area contributed by atoms with Crippen LogP contribution in [0.2, 0.25) is 0 Å². The highest BCUT2D eigenvalue weighted by Crippen LogP contribution is 2.23. The lowest BCUT2D eigenvalue weighted by atomic mass is 10.2. The topological polar surface area (TPSA) is 81.2 Å². The van der Waals surface area contributed by atoms with E-state index in [0.717, 1.165) is 16.8 Å². The SMILES string of the molecule is CCC(NC(=O)c1cc2cc(N)ccc2o1)c1nccs1. The highest BCUT2D eigenvalue weighted by atomic mass is 32.1.